The van der Waals surface area contributed by atoms with Gasteiger partial charge in [0.15, 0.2) is 0 Å². The van der Waals surface area contributed by atoms with Crippen molar-refractivity contribution >= 4 is 17.0 Å². The van der Waals surface area contributed by atoms with Crippen molar-refractivity contribution in [3.8, 4) is 0 Å². The summed E-state index contributed by atoms with van der Waals surface area (Å²) in [4.78, 5) is 33.8. The van der Waals surface area contributed by atoms with Crippen molar-refractivity contribution < 1.29 is 9.90 Å². The Labute approximate surface area is 103 Å². The minimum absolute atomic E-state index is 0.183. The van der Waals surface area contributed by atoms with E-state index in [0.29, 0.717) is 11.5 Å². The molecule has 0 amide bonds. The molecule has 0 aromatic carbocycles. The van der Waals surface area contributed by atoms with Crippen molar-refractivity contribution in [2.75, 3.05) is 0 Å². The molecule has 2 aromatic rings. The Morgan fingerprint density at radius 2 is 2.06 bits per heavy atom. The van der Waals surface area contributed by atoms with Gasteiger partial charge in [0, 0.05) is 17.8 Å². The molecule has 0 bridgehead atoms. The van der Waals surface area contributed by atoms with Gasteiger partial charge in [0.05, 0.1) is 5.39 Å². The number of hydrogen-bond donors (Lipinski definition) is 2. The summed E-state index contributed by atoms with van der Waals surface area (Å²) in [6.45, 7) is 5.87. The summed E-state index contributed by atoms with van der Waals surface area (Å²) in [5, 5.41) is 9.03. The standard InChI is InChI=1S/C12H13N3O3/c1-12(2,3)11-14-4-6-8(16)7(10(17)18)5-13-9(6)15-11/h4-5H,1-3H3,(H,17,18)(H,13,14,15,16). The number of H-pyrrole nitrogens is 1. The lowest BCUT2D eigenvalue weighted by Gasteiger charge is -2.16. The van der Waals surface area contributed by atoms with Gasteiger partial charge < -0.3 is 10.1 Å². The summed E-state index contributed by atoms with van der Waals surface area (Å²) in [5.74, 6) is -0.674. The van der Waals surface area contributed by atoms with E-state index in [1.54, 1.807) is 0 Å². The van der Waals surface area contributed by atoms with Gasteiger partial charge >= 0.3 is 5.97 Å². The maximum Gasteiger partial charge on any atom is 0.341 e. The van der Waals surface area contributed by atoms with Crippen LogP contribution in [0.2, 0.25) is 0 Å². The minimum atomic E-state index is -1.27. The first-order valence-corrected chi connectivity index (χ1v) is 5.43. The van der Waals surface area contributed by atoms with Crippen LogP contribution in [0, 0.1) is 0 Å². The molecule has 0 radical (unpaired) electrons. The Morgan fingerprint density at radius 3 is 2.61 bits per heavy atom. The lowest BCUT2D eigenvalue weighted by molar-refractivity contribution is 0.0695. The molecule has 0 aliphatic heterocycles. The summed E-state index contributed by atoms with van der Waals surface area (Å²) in [7, 11) is 0. The molecule has 0 aliphatic carbocycles. The van der Waals surface area contributed by atoms with Crippen LogP contribution in [0.15, 0.2) is 17.2 Å². The molecule has 2 rings (SSSR count). The zero-order valence-electron chi connectivity index (χ0n) is 10.3. The quantitative estimate of drug-likeness (QED) is 0.792. The first-order chi connectivity index (χ1) is 8.30. The number of aromatic amines is 1. The van der Waals surface area contributed by atoms with E-state index in [1.165, 1.54) is 6.20 Å². The van der Waals surface area contributed by atoms with Crippen molar-refractivity contribution in [1.29, 1.82) is 0 Å². The first-order valence-electron chi connectivity index (χ1n) is 5.43. The van der Waals surface area contributed by atoms with E-state index in [-0.39, 0.29) is 16.4 Å². The van der Waals surface area contributed by atoms with Crippen LogP contribution < -0.4 is 5.43 Å². The highest BCUT2D eigenvalue weighted by Gasteiger charge is 2.19. The van der Waals surface area contributed by atoms with Crippen LogP contribution in [-0.4, -0.2) is 26.0 Å². The number of aromatic carboxylic acids is 1. The van der Waals surface area contributed by atoms with Crippen molar-refractivity contribution in [1.82, 2.24) is 15.0 Å². The molecule has 0 unspecified atom stereocenters. The third-order valence-electron chi connectivity index (χ3n) is 2.53. The smallest absolute Gasteiger partial charge is 0.341 e. The highest BCUT2D eigenvalue weighted by atomic mass is 16.4. The molecular formula is C12H13N3O3. The zero-order valence-corrected chi connectivity index (χ0v) is 10.3. The maximum absolute atomic E-state index is 11.9. The van der Waals surface area contributed by atoms with Crippen molar-refractivity contribution in [2.45, 2.75) is 26.2 Å². The number of nitrogens with one attached hydrogen (secondary N) is 1. The lowest BCUT2D eigenvalue weighted by Crippen LogP contribution is -2.19. The van der Waals surface area contributed by atoms with Gasteiger partial charge in [-0.3, -0.25) is 4.79 Å². The molecule has 0 aliphatic rings. The van der Waals surface area contributed by atoms with Crippen LogP contribution in [0.1, 0.15) is 37.0 Å². The number of carbonyl (C=O) groups is 1. The molecule has 0 saturated carbocycles. The van der Waals surface area contributed by atoms with Crippen molar-refractivity contribution in [3.05, 3.63) is 34.0 Å². The predicted octanol–water partition coefficient (Wildman–Crippen LogP) is 1.31. The molecule has 0 spiro atoms. The van der Waals surface area contributed by atoms with Gasteiger partial charge in [-0.25, -0.2) is 14.8 Å². The molecule has 0 atom stereocenters. The average Bonchev–Trinajstić information content (AvgIpc) is 2.27. The van der Waals surface area contributed by atoms with Gasteiger partial charge in [-0.2, -0.15) is 0 Å². The number of fused-ring (bicyclic) bond motifs is 1. The number of aromatic nitrogens is 3. The van der Waals surface area contributed by atoms with Crippen LogP contribution in [0.4, 0.5) is 0 Å². The summed E-state index contributed by atoms with van der Waals surface area (Å²) in [6, 6.07) is 0. The van der Waals surface area contributed by atoms with Gasteiger partial charge in [0.25, 0.3) is 0 Å². The van der Waals surface area contributed by atoms with E-state index in [4.69, 9.17) is 5.11 Å². The normalized spacial score (nSPS) is 11.7. The topological polar surface area (TPSA) is 95.9 Å². The largest absolute Gasteiger partial charge is 0.477 e. The Kier molecular flexibility index (Phi) is 2.65. The number of carboxylic acid groups (broad SMARTS) is 1. The highest BCUT2D eigenvalue weighted by Crippen LogP contribution is 2.18. The fraction of sp³-hybridized carbons (Fsp3) is 0.333. The second-order valence-electron chi connectivity index (χ2n) is 5.04. The molecule has 2 aromatic heterocycles. The molecule has 94 valence electrons. The Balaban J connectivity index is 2.73. The monoisotopic (exact) mass is 247 g/mol. The molecular weight excluding hydrogens is 234 g/mol. The lowest BCUT2D eigenvalue weighted by atomic mass is 9.96. The summed E-state index contributed by atoms with van der Waals surface area (Å²) in [5.41, 5.74) is -0.771. The fourth-order valence-corrected chi connectivity index (χ4v) is 1.53. The van der Waals surface area contributed by atoms with E-state index in [9.17, 15) is 9.59 Å². The van der Waals surface area contributed by atoms with Gasteiger partial charge in [-0.05, 0) is 0 Å². The molecule has 0 saturated heterocycles. The molecule has 6 heteroatoms. The predicted molar refractivity (Wildman–Crippen MR) is 65.8 cm³/mol. The Morgan fingerprint density at radius 1 is 1.39 bits per heavy atom. The van der Waals surface area contributed by atoms with Gasteiger partial charge in [0.2, 0.25) is 5.43 Å². The second-order valence-corrected chi connectivity index (χ2v) is 5.04. The van der Waals surface area contributed by atoms with Crippen LogP contribution in [0.25, 0.3) is 11.0 Å². The minimum Gasteiger partial charge on any atom is -0.477 e. The fourth-order valence-electron chi connectivity index (χ4n) is 1.53. The van der Waals surface area contributed by atoms with Crippen molar-refractivity contribution in [2.24, 2.45) is 0 Å². The van der Waals surface area contributed by atoms with E-state index < -0.39 is 11.4 Å². The highest BCUT2D eigenvalue weighted by molar-refractivity contribution is 5.91. The summed E-state index contributed by atoms with van der Waals surface area (Å²) >= 11 is 0. The third kappa shape index (κ3) is 1.97. The molecule has 2 N–H and O–H groups in total. The van der Waals surface area contributed by atoms with Gasteiger partial charge in [-0.1, -0.05) is 20.8 Å². The van der Waals surface area contributed by atoms with E-state index in [0.717, 1.165) is 6.20 Å². The zero-order chi connectivity index (χ0) is 13.5. The molecule has 6 nitrogen and oxygen atoms in total. The Bertz CT molecular complexity index is 683. The summed E-state index contributed by atoms with van der Waals surface area (Å²) in [6.07, 6.45) is 2.53. The molecule has 0 fully saturated rings. The maximum atomic E-state index is 11.9. The van der Waals surface area contributed by atoms with Gasteiger partial charge in [-0.15, -0.1) is 0 Å². The summed E-state index contributed by atoms with van der Waals surface area (Å²) < 4.78 is 0. The van der Waals surface area contributed by atoms with Crippen LogP contribution >= 0.6 is 0 Å². The number of rotatable bonds is 1. The number of carboxylic acids is 1. The third-order valence-corrected chi connectivity index (χ3v) is 2.53. The SMILES string of the molecule is CC(C)(C)c1ncc2c(=O)c(C(=O)O)c[nH]c2n1. The molecule has 2 heterocycles. The van der Waals surface area contributed by atoms with E-state index in [2.05, 4.69) is 15.0 Å². The van der Waals surface area contributed by atoms with E-state index >= 15 is 0 Å². The van der Waals surface area contributed by atoms with E-state index in [1.807, 2.05) is 20.8 Å². The molecule has 18 heavy (non-hydrogen) atoms. The number of pyridine rings is 1. The number of nitrogens with zero attached hydrogens (tertiary/aromatic N) is 2. The number of hydrogen-bond acceptors (Lipinski definition) is 4. The second kappa shape index (κ2) is 3.90. The van der Waals surface area contributed by atoms with Gasteiger partial charge in [0.1, 0.15) is 17.0 Å². The first kappa shape index (κ1) is 12.2. The average molecular weight is 247 g/mol. The van der Waals surface area contributed by atoms with Crippen LogP contribution in [0.5, 0.6) is 0 Å². The van der Waals surface area contributed by atoms with Crippen LogP contribution in [-0.2, 0) is 5.41 Å². The van der Waals surface area contributed by atoms with Crippen LogP contribution in [0.3, 0.4) is 0 Å². The Hall–Kier alpha value is -2.24. The van der Waals surface area contributed by atoms with Crippen molar-refractivity contribution in [3.63, 3.8) is 0 Å².